The number of nitrogens with one attached hydrogen (secondary N) is 1. The van der Waals surface area contributed by atoms with E-state index in [1.807, 2.05) is 0 Å². The molecule has 0 aromatic heterocycles. The number of carbonyl (C=O) groups is 2. The minimum absolute atomic E-state index is 0.0419. The van der Waals surface area contributed by atoms with Crippen molar-refractivity contribution in [3.05, 3.63) is 12.2 Å². The van der Waals surface area contributed by atoms with Gasteiger partial charge >= 0.3 is 0 Å². The lowest BCUT2D eigenvalue weighted by molar-refractivity contribution is -0.127. The van der Waals surface area contributed by atoms with Crippen LogP contribution in [0, 0.1) is 11.8 Å². The van der Waals surface area contributed by atoms with Crippen molar-refractivity contribution in [2.45, 2.75) is 220 Å². The summed E-state index contributed by atoms with van der Waals surface area (Å²) in [4.78, 5) is 25.4. The summed E-state index contributed by atoms with van der Waals surface area (Å²) in [6, 6.07) is 0. The molecule has 0 aliphatic carbocycles. The van der Waals surface area contributed by atoms with E-state index in [1.165, 1.54) is 154 Å². The van der Waals surface area contributed by atoms with E-state index >= 15 is 0 Å². The number of Topliss-reactive ketones (excluding diaryl/α,β-unsaturated/α-hetero) is 1. The van der Waals surface area contributed by atoms with E-state index in [0.29, 0.717) is 18.6 Å². The maximum Gasteiger partial charge on any atom is 0.223 e. The molecule has 0 spiro atoms. The highest BCUT2D eigenvalue weighted by molar-refractivity contribution is 5.82. The molecule has 0 aliphatic rings. The number of amides is 1. The monoisotopic (exact) mass is 618 g/mol. The Bertz CT molecular complexity index is 643. The molecule has 0 saturated carbocycles. The third kappa shape index (κ3) is 29.6. The first-order valence-electron chi connectivity index (χ1n) is 20.0. The molecule has 0 heterocycles. The fraction of sp³-hybridized carbons (Fsp3) is 0.902. The minimum Gasteiger partial charge on any atom is -0.356 e. The molecular weight excluding hydrogens is 538 g/mol. The van der Waals surface area contributed by atoms with E-state index in [1.54, 1.807) is 0 Å². The van der Waals surface area contributed by atoms with Gasteiger partial charge in [-0.15, -0.1) is 0 Å². The molecule has 44 heavy (non-hydrogen) atoms. The van der Waals surface area contributed by atoms with Crippen LogP contribution in [0.15, 0.2) is 12.2 Å². The SMILES string of the molecule is CCCCCCCC/C=C\CCCCCCCC(=O)CC(C)[C@@H](CC)C(=O)NCCCCCCCCCCCCCCCC. The zero-order valence-electron chi connectivity index (χ0n) is 30.5. The predicted molar refractivity (Wildman–Crippen MR) is 195 cm³/mol. The summed E-state index contributed by atoms with van der Waals surface area (Å²) >= 11 is 0. The van der Waals surface area contributed by atoms with E-state index in [9.17, 15) is 9.59 Å². The summed E-state index contributed by atoms with van der Waals surface area (Å²) in [6.45, 7) is 9.52. The Labute approximate surface area is 277 Å². The van der Waals surface area contributed by atoms with Crippen LogP contribution < -0.4 is 5.32 Å². The number of rotatable bonds is 35. The van der Waals surface area contributed by atoms with Gasteiger partial charge in [-0.1, -0.05) is 175 Å². The van der Waals surface area contributed by atoms with Gasteiger partial charge < -0.3 is 5.32 Å². The lowest BCUT2D eigenvalue weighted by Crippen LogP contribution is -2.35. The smallest absolute Gasteiger partial charge is 0.223 e. The number of ketones is 1. The quantitative estimate of drug-likeness (QED) is 0.0568. The Morgan fingerprint density at radius 3 is 1.34 bits per heavy atom. The summed E-state index contributed by atoms with van der Waals surface area (Å²) < 4.78 is 0. The summed E-state index contributed by atoms with van der Waals surface area (Å²) in [5.74, 6) is 0.587. The lowest BCUT2D eigenvalue weighted by Gasteiger charge is -2.21. The van der Waals surface area contributed by atoms with Gasteiger partial charge in [0.25, 0.3) is 0 Å². The number of allylic oxidation sites excluding steroid dienone is 2. The number of unbranched alkanes of at least 4 members (excludes halogenated alkanes) is 24. The predicted octanol–water partition coefficient (Wildman–Crippen LogP) is 13.2. The van der Waals surface area contributed by atoms with Crippen molar-refractivity contribution >= 4 is 11.7 Å². The molecule has 0 aromatic carbocycles. The summed E-state index contributed by atoms with van der Waals surface area (Å²) in [6.07, 6.45) is 42.3. The van der Waals surface area contributed by atoms with Crippen molar-refractivity contribution in [3.63, 3.8) is 0 Å². The maximum absolute atomic E-state index is 12.8. The van der Waals surface area contributed by atoms with Gasteiger partial charge in [-0.3, -0.25) is 9.59 Å². The van der Waals surface area contributed by atoms with Crippen LogP contribution >= 0.6 is 0 Å². The van der Waals surface area contributed by atoms with Crippen molar-refractivity contribution in [3.8, 4) is 0 Å². The molecule has 1 N–H and O–H groups in total. The Hall–Kier alpha value is -1.12. The summed E-state index contributed by atoms with van der Waals surface area (Å²) in [7, 11) is 0. The minimum atomic E-state index is -0.0419. The van der Waals surface area contributed by atoms with Crippen LogP contribution in [0.1, 0.15) is 220 Å². The van der Waals surface area contributed by atoms with E-state index in [-0.39, 0.29) is 17.7 Å². The average molecular weight is 618 g/mol. The largest absolute Gasteiger partial charge is 0.356 e. The molecule has 260 valence electrons. The second-order valence-corrected chi connectivity index (χ2v) is 14.0. The van der Waals surface area contributed by atoms with Crippen molar-refractivity contribution in [1.82, 2.24) is 5.32 Å². The van der Waals surface area contributed by atoms with Gasteiger partial charge in [-0.2, -0.15) is 0 Å². The molecule has 1 unspecified atom stereocenters. The first-order valence-corrected chi connectivity index (χ1v) is 20.0. The van der Waals surface area contributed by atoms with Gasteiger partial charge in [0.2, 0.25) is 5.91 Å². The molecule has 0 rings (SSSR count). The van der Waals surface area contributed by atoms with Gasteiger partial charge in [0.15, 0.2) is 0 Å². The molecule has 0 saturated heterocycles. The van der Waals surface area contributed by atoms with Gasteiger partial charge in [0, 0.05) is 25.3 Å². The second-order valence-electron chi connectivity index (χ2n) is 14.0. The summed E-state index contributed by atoms with van der Waals surface area (Å²) in [5.41, 5.74) is 0. The normalized spacial score (nSPS) is 13.0. The zero-order valence-corrected chi connectivity index (χ0v) is 30.5. The molecule has 0 aliphatic heterocycles. The maximum atomic E-state index is 12.8. The Morgan fingerprint density at radius 1 is 0.523 bits per heavy atom. The number of carbonyl (C=O) groups excluding carboxylic acids is 2. The molecule has 3 nitrogen and oxygen atoms in total. The first kappa shape index (κ1) is 42.9. The van der Waals surface area contributed by atoms with Crippen LogP contribution in [0.25, 0.3) is 0 Å². The van der Waals surface area contributed by atoms with Gasteiger partial charge in [0.05, 0.1) is 0 Å². The van der Waals surface area contributed by atoms with Crippen molar-refractivity contribution in [1.29, 1.82) is 0 Å². The number of hydrogen-bond acceptors (Lipinski definition) is 2. The van der Waals surface area contributed by atoms with E-state index in [2.05, 4.69) is 45.2 Å². The van der Waals surface area contributed by atoms with Gasteiger partial charge in [-0.05, 0) is 50.9 Å². The topological polar surface area (TPSA) is 46.2 Å². The molecule has 3 heteroatoms. The lowest BCUT2D eigenvalue weighted by atomic mass is 9.86. The van der Waals surface area contributed by atoms with Gasteiger partial charge in [-0.25, -0.2) is 0 Å². The molecule has 2 atom stereocenters. The van der Waals surface area contributed by atoms with Gasteiger partial charge in [0.1, 0.15) is 5.78 Å². The van der Waals surface area contributed by atoms with Crippen molar-refractivity contribution in [2.24, 2.45) is 11.8 Å². The highest BCUT2D eigenvalue weighted by atomic mass is 16.2. The van der Waals surface area contributed by atoms with E-state index in [4.69, 9.17) is 0 Å². The van der Waals surface area contributed by atoms with Crippen LogP contribution in [0.2, 0.25) is 0 Å². The Morgan fingerprint density at radius 2 is 0.909 bits per heavy atom. The van der Waals surface area contributed by atoms with Crippen LogP contribution in [-0.4, -0.2) is 18.2 Å². The molecule has 0 aromatic rings. The highest BCUT2D eigenvalue weighted by Crippen LogP contribution is 2.21. The summed E-state index contributed by atoms with van der Waals surface area (Å²) in [5, 5.41) is 3.18. The first-order chi connectivity index (χ1) is 21.6. The number of hydrogen-bond donors (Lipinski definition) is 1. The molecule has 1 amide bonds. The molecule has 0 fully saturated rings. The fourth-order valence-electron chi connectivity index (χ4n) is 6.50. The van der Waals surface area contributed by atoms with Crippen molar-refractivity contribution < 1.29 is 9.59 Å². The standard InChI is InChI=1S/C41H79NO2/c1-5-8-10-12-14-16-18-20-22-23-25-27-29-31-33-35-39(43)37-38(4)40(7-3)41(44)42-36-34-32-30-28-26-24-21-19-17-15-13-11-9-6-2/h20,22,38,40H,5-19,21,23-37H2,1-4H3,(H,42,44)/b22-20-/t38?,40-/m1/s1. The fourth-order valence-corrected chi connectivity index (χ4v) is 6.50. The Balaban J connectivity index is 3.68. The second kappa shape index (κ2) is 34.7. The van der Waals surface area contributed by atoms with Crippen LogP contribution in [-0.2, 0) is 9.59 Å². The molecular formula is C41H79NO2. The van der Waals surface area contributed by atoms with Crippen molar-refractivity contribution in [2.75, 3.05) is 6.54 Å². The Kier molecular flexibility index (Phi) is 33.9. The average Bonchev–Trinajstić information content (AvgIpc) is 3.01. The molecule has 0 bridgehead atoms. The third-order valence-corrected chi connectivity index (χ3v) is 9.56. The third-order valence-electron chi connectivity index (χ3n) is 9.56. The molecule has 0 radical (unpaired) electrons. The van der Waals surface area contributed by atoms with Crippen LogP contribution in [0.4, 0.5) is 0 Å². The van der Waals surface area contributed by atoms with E-state index < -0.39 is 0 Å². The van der Waals surface area contributed by atoms with E-state index in [0.717, 1.165) is 32.2 Å². The van der Waals surface area contributed by atoms with Crippen LogP contribution in [0.5, 0.6) is 0 Å². The highest BCUT2D eigenvalue weighted by Gasteiger charge is 2.24. The zero-order chi connectivity index (χ0) is 32.4. The van der Waals surface area contributed by atoms with Crippen LogP contribution in [0.3, 0.4) is 0 Å².